The molecule has 0 aliphatic heterocycles. The lowest BCUT2D eigenvalue weighted by Gasteiger charge is -2.01. The van der Waals surface area contributed by atoms with Gasteiger partial charge in [-0.15, -0.1) is 11.3 Å². The summed E-state index contributed by atoms with van der Waals surface area (Å²) in [6.45, 7) is 0. The largest absolute Gasteiger partial charge is 0.497 e. The number of hydrogen-bond donors (Lipinski definition) is 1. The zero-order valence-corrected chi connectivity index (χ0v) is 12.4. The van der Waals surface area contributed by atoms with Crippen LogP contribution < -0.4 is 10.1 Å². The number of methoxy groups -OCH3 is 1. The van der Waals surface area contributed by atoms with Crippen molar-refractivity contribution in [3.05, 3.63) is 40.9 Å². The molecule has 0 spiro atoms. The molecule has 1 amide bonds. The lowest BCUT2D eigenvalue weighted by molar-refractivity contribution is -0.116. The first-order valence-corrected chi connectivity index (χ1v) is 6.99. The van der Waals surface area contributed by atoms with Crippen LogP contribution in [-0.2, 0) is 4.79 Å². The smallest absolute Gasteiger partial charge is 0.261 e. The number of nitriles is 1. The number of aromatic nitrogens is 1. The first-order chi connectivity index (χ1) is 10.2. The summed E-state index contributed by atoms with van der Waals surface area (Å²) in [6, 6.07) is 9.42. The first-order valence-electron chi connectivity index (χ1n) is 6.11. The van der Waals surface area contributed by atoms with Crippen molar-refractivity contribution >= 4 is 23.3 Å². The van der Waals surface area contributed by atoms with Gasteiger partial charge in [0.2, 0.25) is 0 Å². The highest BCUT2D eigenvalue weighted by atomic mass is 32.1. The number of ether oxygens (including phenoxy) is 1. The Bertz CT molecular complexity index is 729. The Hall–Kier alpha value is -2.65. The minimum Gasteiger partial charge on any atom is -0.497 e. The normalized spacial score (nSPS) is 10.8. The van der Waals surface area contributed by atoms with Crippen LogP contribution in [-0.4, -0.2) is 25.0 Å². The predicted molar refractivity (Wildman–Crippen MR) is 81.8 cm³/mol. The highest BCUT2D eigenvalue weighted by molar-refractivity contribution is 7.13. The number of thiazole rings is 1. The minimum absolute atomic E-state index is 0.0278. The average molecular weight is 299 g/mol. The van der Waals surface area contributed by atoms with Crippen LogP contribution in [0.25, 0.3) is 16.6 Å². The summed E-state index contributed by atoms with van der Waals surface area (Å²) in [5.41, 5.74) is 1.54. The number of rotatable bonds is 4. The van der Waals surface area contributed by atoms with Crippen molar-refractivity contribution in [2.45, 2.75) is 0 Å². The van der Waals surface area contributed by atoms with Crippen LogP contribution in [0.3, 0.4) is 0 Å². The number of nitrogens with zero attached hydrogens (tertiary/aromatic N) is 2. The second-order valence-corrected chi connectivity index (χ2v) is 4.92. The minimum atomic E-state index is -0.423. The summed E-state index contributed by atoms with van der Waals surface area (Å²) in [6.07, 6.45) is 1.47. The molecule has 0 fully saturated rings. The van der Waals surface area contributed by atoms with Gasteiger partial charge in [0.25, 0.3) is 5.91 Å². The number of carbonyl (C=O) groups excluding carboxylic acids is 1. The van der Waals surface area contributed by atoms with E-state index in [2.05, 4.69) is 10.3 Å². The van der Waals surface area contributed by atoms with E-state index in [1.807, 2.05) is 30.3 Å². The number of benzene rings is 1. The van der Waals surface area contributed by atoms with Gasteiger partial charge in [0, 0.05) is 18.0 Å². The van der Waals surface area contributed by atoms with Crippen molar-refractivity contribution in [3.8, 4) is 22.4 Å². The third-order valence-electron chi connectivity index (χ3n) is 2.72. The topological polar surface area (TPSA) is 75.0 Å². The molecule has 5 nitrogen and oxygen atoms in total. The highest BCUT2D eigenvalue weighted by Crippen LogP contribution is 2.27. The molecule has 21 heavy (non-hydrogen) atoms. The average Bonchev–Trinajstić information content (AvgIpc) is 3.00. The Morgan fingerprint density at radius 3 is 3.00 bits per heavy atom. The van der Waals surface area contributed by atoms with Crippen LogP contribution >= 0.6 is 11.3 Å². The molecule has 1 aromatic carbocycles. The molecule has 0 aliphatic rings. The molecule has 2 aromatic rings. The van der Waals surface area contributed by atoms with Gasteiger partial charge in [0.15, 0.2) is 0 Å². The zero-order chi connectivity index (χ0) is 15.2. The number of hydrogen-bond acceptors (Lipinski definition) is 5. The molecule has 0 saturated carbocycles. The van der Waals surface area contributed by atoms with E-state index in [1.165, 1.54) is 24.5 Å². The number of likely N-dealkylation sites (N-methyl/N-ethyl adjacent to an activating group) is 1. The maximum absolute atomic E-state index is 11.5. The molecule has 1 aromatic heterocycles. The van der Waals surface area contributed by atoms with Crippen LogP contribution in [0.5, 0.6) is 5.75 Å². The van der Waals surface area contributed by atoms with Gasteiger partial charge in [-0.05, 0) is 18.2 Å². The maximum atomic E-state index is 11.5. The Kier molecular flexibility index (Phi) is 4.69. The Morgan fingerprint density at radius 1 is 1.52 bits per heavy atom. The fourth-order valence-corrected chi connectivity index (χ4v) is 2.45. The summed E-state index contributed by atoms with van der Waals surface area (Å²) in [5, 5.41) is 14.0. The molecule has 0 bridgehead atoms. The lowest BCUT2D eigenvalue weighted by atomic mass is 10.2. The molecule has 1 heterocycles. The lowest BCUT2D eigenvalue weighted by Crippen LogP contribution is -2.19. The van der Waals surface area contributed by atoms with Gasteiger partial charge in [-0.1, -0.05) is 12.1 Å². The van der Waals surface area contributed by atoms with E-state index in [-0.39, 0.29) is 5.57 Å². The zero-order valence-electron chi connectivity index (χ0n) is 11.6. The maximum Gasteiger partial charge on any atom is 0.261 e. The van der Waals surface area contributed by atoms with Crippen molar-refractivity contribution < 1.29 is 9.53 Å². The monoisotopic (exact) mass is 299 g/mol. The fourth-order valence-electron chi connectivity index (χ4n) is 1.67. The molecule has 0 radical (unpaired) electrons. The van der Waals surface area contributed by atoms with Crippen molar-refractivity contribution in [2.75, 3.05) is 14.2 Å². The third kappa shape index (κ3) is 3.46. The van der Waals surface area contributed by atoms with Gasteiger partial charge in [0.1, 0.15) is 22.4 Å². The second-order valence-electron chi connectivity index (χ2n) is 4.06. The van der Waals surface area contributed by atoms with Crippen LogP contribution in [0.1, 0.15) is 5.69 Å². The highest BCUT2D eigenvalue weighted by Gasteiger charge is 2.09. The number of carbonyl (C=O) groups is 1. The Morgan fingerprint density at radius 2 is 2.33 bits per heavy atom. The van der Waals surface area contributed by atoms with E-state index in [0.29, 0.717) is 5.69 Å². The van der Waals surface area contributed by atoms with E-state index >= 15 is 0 Å². The molecule has 6 heteroatoms. The van der Waals surface area contributed by atoms with Crippen molar-refractivity contribution in [1.29, 1.82) is 5.26 Å². The third-order valence-corrected chi connectivity index (χ3v) is 3.63. The molecule has 0 atom stereocenters. The summed E-state index contributed by atoms with van der Waals surface area (Å²) in [4.78, 5) is 15.9. The SMILES string of the molecule is CNC(=O)/C(C#N)=C/c1csc(-c2cccc(OC)c2)n1. The second kappa shape index (κ2) is 6.68. The van der Waals surface area contributed by atoms with Crippen LogP contribution in [0, 0.1) is 11.3 Å². The van der Waals surface area contributed by atoms with E-state index in [4.69, 9.17) is 10.00 Å². The van der Waals surface area contributed by atoms with Gasteiger partial charge in [-0.2, -0.15) is 5.26 Å². The Labute approximate surface area is 126 Å². The molecule has 0 saturated heterocycles. The van der Waals surface area contributed by atoms with E-state index in [9.17, 15) is 4.79 Å². The Balaban J connectivity index is 2.31. The number of nitrogens with one attached hydrogen (secondary N) is 1. The molecule has 0 aliphatic carbocycles. The molecule has 0 unspecified atom stereocenters. The van der Waals surface area contributed by atoms with Crippen molar-refractivity contribution in [3.63, 3.8) is 0 Å². The summed E-state index contributed by atoms with van der Waals surface area (Å²) < 4.78 is 5.18. The first kappa shape index (κ1) is 14.8. The van der Waals surface area contributed by atoms with Crippen LogP contribution in [0.15, 0.2) is 35.2 Å². The summed E-state index contributed by atoms with van der Waals surface area (Å²) >= 11 is 1.44. The van der Waals surface area contributed by atoms with Crippen molar-refractivity contribution in [1.82, 2.24) is 10.3 Å². The molecule has 1 N–H and O–H groups in total. The fraction of sp³-hybridized carbons (Fsp3) is 0.133. The van der Waals surface area contributed by atoms with E-state index in [1.54, 1.807) is 12.5 Å². The molecular formula is C15H13N3O2S. The standard InChI is InChI=1S/C15H13N3O2S/c1-17-14(19)11(8-16)6-12-9-21-15(18-12)10-4-3-5-13(7-10)20-2/h3-7,9H,1-2H3,(H,17,19)/b11-6+. The summed E-state index contributed by atoms with van der Waals surface area (Å²) in [5.74, 6) is 0.330. The van der Waals surface area contributed by atoms with Crippen molar-refractivity contribution in [2.24, 2.45) is 0 Å². The van der Waals surface area contributed by atoms with Gasteiger partial charge in [0.05, 0.1) is 12.8 Å². The van der Waals surface area contributed by atoms with Crippen LogP contribution in [0.2, 0.25) is 0 Å². The predicted octanol–water partition coefficient (Wildman–Crippen LogP) is 2.47. The van der Waals surface area contributed by atoms with Gasteiger partial charge in [-0.3, -0.25) is 4.79 Å². The van der Waals surface area contributed by atoms with E-state index in [0.717, 1.165) is 16.3 Å². The summed E-state index contributed by atoms with van der Waals surface area (Å²) in [7, 11) is 3.09. The van der Waals surface area contributed by atoms with Gasteiger partial charge >= 0.3 is 0 Å². The van der Waals surface area contributed by atoms with Gasteiger partial charge in [-0.25, -0.2) is 4.98 Å². The van der Waals surface area contributed by atoms with E-state index < -0.39 is 5.91 Å². The molecular weight excluding hydrogens is 286 g/mol. The molecule has 106 valence electrons. The molecule has 2 rings (SSSR count). The van der Waals surface area contributed by atoms with Gasteiger partial charge < -0.3 is 10.1 Å². The quantitative estimate of drug-likeness (QED) is 0.695. The number of amides is 1. The van der Waals surface area contributed by atoms with Crippen LogP contribution in [0.4, 0.5) is 0 Å².